The largest absolute Gasteiger partial charge is 0.347 e. The Morgan fingerprint density at radius 3 is 2.45 bits per heavy atom. The first-order chi connectivity index (χ1) is 9.34. The summed E-state index contributed by atoms with van der Waals surface area (Å²) in [6, 6.07) is 8.36. The van der Waals surface area contributed by atoms with Crippen LogP contribution in [0.1, 0.15) is 38.2 Å². The van der Waals surface area contributed by atoms with Gasteiger partial charge in [0.2, 0.25) is 0 Å². The van der Waals surface area contributed by atoms with Crippen molar-refractivity contribution in [2.75, 3.05) is 0 Å². The highest BCUT2D eigenvalue weighted by Crippen LogP contribution is 2.29. The number of benzene rings is 1. The minimum absolute atomic E-state index is 0.226. The van der Waals surface area contributed by atoms with Gasteiger partial charge in [0.25, 0.3) is 0 Å². The van der Waals surface area contributed by atoms with Gasteiger partial charge in [-0.05, 0) is 29.7 Å². The average molecular weight is 271 g/mol. The minimum atomic E-state index is -0.392. The molecule has 0 fully saturated rings. The normalized spacial score (nSPS) is 12.9. The van der Waals surface area contributed by atoms with Gasteiger partial charge in [0.15, 0.2) is 5.82 Å². The van der Waals surface area contributed by atoms with Crippen LogP contribution in [-0.4, -0.2) is 14.8 Å². The van der Waals surface area contributed by atoms with Crippen LogP contribution in [0.5, 0.6) is 0 Å². The van der Waals surface area contributed by atoms with E-state index in [1.807, 2.05) is 26.8 Å². The van der Waals surface area contributed by atoms with Gasteiger partial charge in [-0.1, -0.05) is 20.8 Å². The fourth-order valence-electron chi connectivity index (χ4n) is 1.84. The maximum Gasteiger partial charge on any atom is 0.347 e. The standard InChI is InChI=1S/C14H17N5O/c1-14(2,3)11(16)12-17-18-13(20)19(12)10-6-4-9(8-15)5-7-10/h4-7,11H,16H2,1-3H3,(H,18,20)/t11-/m1/s1. The molecule has 2 aromatic rings. The van der Waals surface area contributed by atoms with Crippen molar-refractivity contribution >= 4 is 0 Å². The van der Waals surface area contributed by atoms with Gasteiger partial charge < -0.3 is 5.73 Å². The number of hydrogen-bond acceptors (Lipinski definition) is 4. The van der Waals surface area contributed by atoms with Gasteiger partial charge in [-0.15, -0.1) is 0 Å². The molecule has 0 aliphatic rings. The van der Waals surface area contributed by atoms with Crippen molar-refractivity contribution < 1.29 is 0 Å². The number of nitrogens with one attached hydrogen (secondary N) is 1. The molecule has 6 heteroatoms. The summed E-state index contributed by atoms with van der Waals surface area (Å²) < 4.78 is 1.44. The number of hydrogen-bond donors (Lipinski definition) is 2. The van der Waals surface area contributed by atoms with E-state index in [4.69, 9.17) is 11.0 Å². The third kappa shape index (κ3) is 2.49. The second-order valence-corrected chi connectivity index (χ2v) is 5.72. The topological polar surface area (TPSA) is 100 Å². The lowest BCUT2D eigenvalue weighted by molar-refractivity contribution is 0.312. The number of nitriles is 1. The Hall–Kier alpha value is -2.39. The monoisotopic (exact) mass is 271 g/mol. The van der Waals surface area contributed by atoms with Crippen LogP contribution in [0.4, 0.5) is 0 Å². The van der Waals surface area contributed by atoms with E-state index in [2.05, 4.69) is 10.2 Å². The summed E-state index contributed by atoms with van der Waals surface area (Å²) in [6.45, 7) is 5.96. The van der Waals surface area contributed by atoms with Gasteiger partial charge in [0.05, 0.1) is 23.4 Å². The highest BCUT2D eigenvalue weighted by atomic mass is 16.1. The number of rotatable bonds is 2. The number of nitrogens with two attached hydrogens (primary N) is 1. The summed E-state index contributed by atoms with van der Waals surface area (Å²) in [4.78, 5) is 12.0. The first kappa shape index (κ1) is 14.0. The smallest absolute Gasteiger partial charge is 0.321 e. The van der Waals surface area contributed by atoms with Crippen molar-refractivity contribution in [1.29, 1.82) is 5.26 Å². The van der Waals surface area contributed by atoms with E-state index in [1.165, 1.54) is 4.57 Å². The van der Waals surface area contributed by atoms with Crippen LogP contribution in [-0.2, 0) is 0 Å². The summed E-state index contributed by atoms with van der Waals surface area (Å²) in [5.74, 6) is 0.479. The number of aromatic nitrogens is 3. The molecule has 104 valence electrons. The highest BCUT2D eigenvalue weighted by Gasteiger charge is 2.28. The molecule has 2 rings (SSSR count). The summed E-state index contributed by atoms with van der Waals surface area (Å²) in [7, 11) is 0. The van der Waals surface area contributed by atoms with E-state index in [-0.39, 0.29) is 11.1 Å². The number of nitrogens with zero attached hydrogens (tertiary/aromatic N) is 3. The highest BCUT2D eigenvalue weighted by molar-refractivity contribution is 5.40. The van der Waals surface area contributed by atoms with Crippen LogP contribution < -0.4 is 11.4 Å². The van der Waals surface area contributed by atoms with E-state index in [0.717, 1.165) is 0 Å². The summed E-state index contributed by atoms with van der Waals surface area (Å²) >= 11 is 0. The molecule has 0 bridgehead atoms. The molecule has 0 saturated heterocycles. The van der Waals surface area contributed by atoms with Crippen LogP contribution in [0.2, 0.25) is 0 Å². The second-order valence-electron chi connectivity index (χ2n) is 5.72. The molecule has 0 spiro atoms. The first-order valence-electron chi connectivity index (χ1n) is 6.28. The van der Waals surface area contributed by atoms with Gasteiger partial charge in [-0.3, -0.25) is 0 Å². The van der Waals surface area contributed by atoms with Gasteiger partial charge in [0, 0.05) is 0 Å². The van der Waals surface area contributed by atoms with Crippen LogP contribution in [0.25, 0.3) is 5.69 Å². The quantitative estimate of drug-likeness (QED) is 0.863. The minimum Gasteiger partial charge on any atom is -0.321 e. The summed E-state index contributed by atoms with van der Waals surface area (Å²) in [6.07, 6.45) is 0. The second kappa shape index (κ2) is 4.94. The zero-order valence-electron chi connectivity index (χ0n) is 11.7. The predicted octanol–water partition coefficient (Wildman–Crippen LogP) is 1.48. The van der Waals surface area contributed by atoms with Crippen molar-refractivity contribution in [3.8, 4) is 11.8 Å². The Kier molecular flexibility index (Phi) is 3.47. The third-order valence-electron chi connectivity index (χ3n) is 3.16. The first-order valence-corrected chi connectivity index (χ1v) is 6.28. The lowest BCUT2D eigenvalue weighted by atomic mass is 9.87. The zero-order valence-corrected chi connectivity index (χ0v) is 11.7. The Bertz CT molecular complexity index is 697. The molecule has 1 aromatic carbocycles. The van der Waals surface area contributed by atoms with Gasteiger partial charge in [-0.25, -0.2) is 14.5 Å². The van der Waals surface area contributed by atoms with Crippen LogP contribution in [0, 0.1) is 16.7 Å². The van der Waals surface area contributed by atoms with Crippen molar-refractivity contribution in [1.82, 2.24) is 14.8 Å². The molecule has 3 N–H and O–H groups in total. The predicted molar refractivity (Wildman–Crippen MR) is 75.3 cm³/mol. The molecular weight excluding hydrogens is 254 g/mol. The Labute approximate surface area is 116 Å². The SMILES string of the molecule is CC(C)(C)[C@H](N)c1n[nH]c(=O)n1-c1ccc(C#N)cc1. The lowest BCUT2D eigenvalue weighted by Gasteiger charge is -2.26. The van der Waals surface area contributed by atoms with Crippen molar-refractivity contribution in [2.45, 2.75) is 26.8 Å². The molecule has 0 aliphatic carbocycles. The van der Waals surface area contributed by atoms with Crippen molar-refractivity contribution in [3.05, 3.63) is 46.1 Å². The molecule has 1 atom stereocenters. The molecule has 0 radical (unpaired) electrons. The third-order valence-corrected chi connectivity index (χ3v) is 3.16. The summed E-state index contributed by atoms with van der Waals surface area (Å²) in [5, 5.41) is 15.3. The molecule has 0 saturated carbocycles. The molecule has 1 heterocycles. The van der Waals surface area contributed by atoms with E-state index >= 15 is 0 Å². The molecule has 0 aliphatic heterocycles. The van der Waals surface area contributed by atoms with E-state index in [0.29, 0.717) is 17.1 Å². The lowest BCUT2D eigenvalue weighted by Crippen LogP contribution is -2.30. The summed E-state index contributed by atoms with van der Waals surface area (Å²) in [5.41, 5.74) is 6.79. The van der Waals surface area contributed by atoms with Crippen LogP contribution in [0.15, 0.2) is 29.1 Å². The molecule has 0 unspecified atom stereocenters. The molecule has 1 aromatic heterocycles. The van der Waals surface area contributed by atoms with Gasteiger partial charge in [0.1, 0.15) is 0 Å². The van der Waals surface area contributed by atoms with Crippen molar-refractivity contribution in [3.63, 3.8) is 0 Å². The van der Waals surface area contributed by atoms with Crippen LogP contribution in [0.3, 0.4) is 0 Å². The van der Waals surface area contributed by atoms with E-state index in [9.17, 15) is 4.79 Å². The fourth-order valence-corrected chi connectivity index (χ4v) is 1.84. The average Bonchev–Trinajstić information content (AvgIpc) is 2.78. The van der Waals surface area contributed by atoms with E-state index < -0.39 is 6.04 Å². The Balaban J connectivity index is 2.54. The van der Waals surface area contributed by atoms with Crippen molar-refractivity contribution in [2.24, 2.45) is 11.1 Å². The number of H-pyrrole nitrogens is 1. The maximum atomic E-state index is 12.0. The Morgan fingerprint density at radius 1 is 1.35 bits per heavy atom. The molecular formula is C14H17N5O. The van der Waals surface area contributed by atoms with Gasteiger partial charge in [-0.2, -0.15) is 10.4 Å². The Morgan fingerprint density at radius 2 is 1.95 bits per heavy atom. The maximum absolute atomic E-state index is 12.0. The number of aromatic amines is 1. The van der Waals surface area contributed by atoms with E-state index in [1.54, 1.807) is 24.3 Å². The fraction of sp³-hybridized carbons (Fsp3) is 0.357. The molecule has 20 heavy (non-hydrogen) atoms. The molecule has 0 amide bonds. The zero-order chi connectivity index (χ0) is 14.9. The molecule has 6 nitrogen and oxygen atoms in total. The van der Waals surface area contributed by atoms with Gasteiger partial charge >= 0.3 is 5.69 Å². The van der Waals surface area contributed by atoms with Crippen LogP contribution >= 0.6 is 0 Å².